The molecule has 2 aromatic carbocycles. The molecule has 0 saturated heterocycles. The maximum Gasteiger partial charge on any atom is 0.251 e. The van der Waals surface area contributed by atoms with Crippen LogP contribution in [0.3, 0.4) is 0 Å². The van der Waals surface area contributed by atoms with Gasteiger partial charge in [-0.15, -0.1) is 0 Å². The molecule has 5 rings (SSSR count). The van der Waals surface area contributed by atoms with Crippen molar-refractivity contribution < 1.29 is 9.59 Å². The van der Waals surface area contributed by atoms with Gasteiger partial charge in [0.05, 0.1) is 12.3 Å². The summed E-state index contributed by atoms with van der Waals surface area (Å²) in [4.78, 5) is 43.1. The van der Waals surface area contributed by atoms with Crippen molar-refractivity contribution in [3.8, 4) is 11.3 Å². The number of para-hydroxylation sites is 1. The molecule has 0 spiro atoms. The van der Waals surface area contributed by atoms with E-state index < -0.39 is 0 Å². The fraction of sp³-hybridized carbons (Fsp3) is 0.281. The number of nitrogens with zero attached hydrogens (tertiary/aromatic N) is 4. The molecule has 1 fully saturated rings. The molecule has 214 valence electrons. The number of nitrogens with one attached hydrogen (secondary N) is 4. The molecule has 1 aliphatic carbocycles. The molecule has 0 unspecified atom stereocenters. The summed E-state index contributed by atoms with van der Waals surface area (Å²) in [6, 6.07) is 14.9. The Labute approximate surface area is 245 Å². The van der Waals surface area contributed by atoms with Crippen molar-refractivity contribution in [3.05, 3.63) is 90.1 Å². The summed E-state index contributed by atoms with van der Waals surface area (Å²) in [5.41, 5.74) is 3.99. The summed E-state index contributed by atoms with van der Waals surface area (Å²) in [6.07, 6.45) is 10.2. The molecule has 0 bridgehead atoms. The zero-order valence-corrected chi connectivity index (χ0v) is 23.7. The van der Waals surface area contributed by atoms with Crippen LogP contribution in [0.2, 0.25) is 0 Å². The monoisotopic (exact) mass is 562 g/mol. The molecule has 10 heteroatoms. The minimum atomic E-state index is -0.212. The van der Waals surface area contributed by atoms with Crippen LogP contribution in [0.15, 0.2) is 73.1 Å². The van der Waals surface area contributed by atoms with Crippen molar-refractivity contribution in [1.29, 1.82) is 0 Å². The highest BCUT2D eigenvalue weighted by Gasteiger charge is 2.25. The van der Waals surface area contributed by atoms with E-state index in [4.69, 9.17) is 11.6 Å². The molecule has 0 aliphatic heterocycles. The van der Waals surface area contributed by atoms with Gasteiger partial charge in [0.2, 0.25) is 17.5 Å². The van der Waals surface area contributed by atoms with Crippen LogP contribution in [0.1, 0.15) is 36.0 Å². The fourth-order valence-electron chi connectivity index (χ4n) is 5.16. The van der Waals surface area contributed by atoms with Gasteiger partial charge < -0.3 is 25.8 Å². The first-order valence-electron chi connectivity index (χ1n) is 14.0. The van der Waals surface area contributed by atoms with Crippen molar-refractivity contribution in [2.45, 2.75) is 37.8 Å². The number of carbonyl (C=O) groups excluding carboxylic acids is 2. The van der Waals surface area contributed by atoms with Crippen LogP contribution in [-0.2, 0) is 4.79 Å². The molecular weight excluding hydrogens is 528 g/mol. The SMILES string of the molecule is [C-]#[N+]c1cnc(N[C@@H]2CCC[C@H](NC(=O)c3ccc(NC(=O)/C=C/CN(C)C)cc3)C2)nc1-c1c[nH]c2ccccc12. The van der Waals surface area contributed by atoms with Gasteiger partial charge in [-0.25, -0.2) is 14.8 Å². The number of likely N-dealkylation sites (N-methyl/N-ethyl adjacent to an activating group) is 1. The van der Waals surface area contributed by atoms with Gasteiger partial charge in [0.25, 0.3) is 5.91 Å². The molecule has 10 nitrogen and oxygen atoms in total. The van der Waals surface area contributed by atoms with Gasteiger partial charge in [0.15, 0.2) is 0 Å². The molecule has 42 heavy (non-hydrogen) atoms. The maximum absolute atomic E-state index is 13.0. The molecule has 4 N–H and O–H groups in total. The third kappa shape index (κ3) is 7.00. The predicted octanol–water partition coefficient (Wildman–Crippen LogP) is 5.39. The first kappa shape index (κ1) is 28.5. The fourth-order valence-corrected chi connectivity index (χ4v) is 5.16. The van der Waals surface area contributed by atoms with Gasteiger partial charge in [-0.05, 0) is 70.1 Å². The number of hydrogen-bond donors (Lipinski definition) is 4. The second kappa shape index (κ2) is 13.1. The summed E-state index contributed by atoms with van der Waals surface area (Å²) in [5.74, 6) is 0.105. The Bertz CT molecular complexity index is 1630. The number of hydrogen-bond acceptors (Lipinski definition) is 6. The van der Waals surface area contributed by atoms with Crippen LogP contribution in [0, 0.1) is 6.57 Å². The van der Waals surface area contributed by atoms with Crippen molar-refractivity contribution in [2.75, 3.05) is 31.3 Å². The van der Waals surface area contributed by atoms with E-state index >= 15 is 0 Å². The molecule has 1 aliphatic rings. The van der Waals surface area contributed by atoms with Gasteiger partial charge in [0, 0.05) is 64.8 Å². The van der Waals surface area contributed by atoms with Crippen molar-refractivity contribution >= 4 is 40.0 Å². The van der Waals surface area contributed by atoms with Crippen LogP contribution in [-0.4, -0.2) is 64.4 Å². The Hall–Kier alpha value is -5.01. The Morgan fingerprint density at radius 3 is 2.69 bits per heavy atom. The Morgan fingerprint density at radius 2 is 1.90 bits per heavy atom. The van der Waals surface area contributed by atoms with Gasteiger partial charge in [-0.2, -0.15) is 0 Å². The van der Waals surface area contributed by atoms with Gasteiger partial charge in [-0.1, -0.05) is 24.3 Å². The highest BCUT2D eigenvalue weighted by Crippen LogP contribution is 2.34. The highest BCUT2D eigenvalue weighted by atomic mass is 16.2. The zero-order chi connectivity index (χ0) is 29.5. The third-order valence-electron chi connectivity index (χ3n) is 7.23. The lowest BCUT2D eigenvalue weighted by Gasteiger charge is -2.30. The molecule has 0 radical (unpaired) electrons. The molecular formula is C32H34N8O2. The normalized spacial score (nSPS) is 16.8. The average Bonchev–Trinajstić information content (AvgIpc) is 3.41. The van der Waals surface area contributed by atoms with Crippen LogP contribution < -0.4 is 16.0 Å². The quantitative estimate of drug-likeness (QED) is 0.161. The van der Waals surface area contributed by atoms with E-state index in [1.54, 1.807) is 36.5 Å². The summed E-state index contributed by atoms with van der Waals surface area (Å²) in [6.45, 7) is 8.29. The van der Waals surface area contributed by atoms with Crippen LogP contribution >= 0.6 is 0 Å². The smallest absolute Gasteiger partial charge is 0.251 e. The molecule has 2 heterocycles. The summed E-state index contributed by atoms with van der Waals surface area (Å²) < 4.78 is 0. The number of anilines is 2. The van der Waals surface area contributed by atoms with Gasteiger partial charge in [-0.3, -0.25) is 9.59 Å². The van der Waals surface area contributed by atoms with Gasteiger partial charge >= 0.3 is 0 Å². The van der Waals surface area contributed by atoms with E-state index in [1.807, 2.05) is 49.5 Å². The number of aromatic nitrogens is 3. The molecule has 2 atom stereocenters. The number of rotatable bonds is 9. The van der Waals surface area contributed by atoms with Crippen molar-refractivity contribution in [3.63, 3.8) is 0 Å². The lowest BCUT2D eigenvalue weighted by Crippen LogP contribution is -2.42. The summed E-state index contributed by atoms with van der Waals surface area (Å²) >= 11 is 0. The first-order chi connectivity index (χ1) is 20.4. The van der Waals surface area contributed by atoms with E-state index in [-0.39, 0.29) is 23.9 Å². The molecule has 2 aromatic heterocycles. The third-order valence-corrected chi connectivity index (χ3v) is 7.23. The largest absolute Gasteiger partial charge is 0.361 e. The minimum absolute atomic E-state index is 0.000524. The van der Waals surface area contributed by atoms with E-state index in [1.165, 1.54) is 6.08 Å². The predicted molar refractivity (Wildman–Crippen MR) is 165 cm³/mol. The standard InChI is InChI=1S/C32H34N8O2/c1-33-28-20-35-32(39-30(28)26-19-34-27-11-5-4-10-25(26)27)38-24-9-6-8-23(18-24)37-31(42)21-13-15-22(16-14-21)36-29(41)12-7-17-40(2)3/h4-5,7,10-16,19-20,23-24,34H,6,8-9,17-18H2,2-3H3,(H,36,41)(H,37,42)(H,35,38,39)/b12-7+/t23-,24+/m0/s1. The number of amides is 2. The number of fused-ring (bicyclic) bond motifs is 1. The second-order valence-corrected chi connectivity index (χ2v) is 10.7. The zero-order valence-electron chi connectivity index (χ0n) is 23.7. The second-order valence-electron chi connectivity index (χ2n) is 10.7. The van der Waals surface area contributed by atoms with E-state index in [2.05, 4.69) is 30.8 Å². The Kier molecular flexibility index (Phi) is 8.90. The van der Waals surface area contributed by atoms with Crippen LogP contribution in [0.4, 0.5) is 17.3 Å². The number of carbonyl (C=O) groups is 2. The highest BCUT2D eigenvalue weighted by molar-refractivity contribution is 6.00. The maximum atomic E-state index is 13.0. The van der Waals surface area contributed by atoms with E-state index in [0.717, 1.165) is 42.1 Å². The minimum Gasteiger partial charge on any atom is -0.361 e. The number of H-pyrrole nitrogens is 1. The Balaban J connectivity index is 1.19. The topological polar surface area (TPSA) is 119 Å². The first-order valence-corrected chi connectivity index (χ1v) is 14.0. The van der Waals surface area contributed by atoms with Crippen LogP contribution in [0.5, 0.6) is 0 Å². The van der Waals surface area contributed by atoms with Crippen LogP contribution in [0.25, 0.3) is 27.0 Å². The molecule has 1 saturated carbocycles. The molecule has 2 amide bonds. The lowest BCUT2D eigenvalue weighted by molar-refractivity contribution is -0.111. The Morgan fingerprint density at radius 1 is 1.12 bits per heavy atom. The summed E-state index contributed by atoms with van der Waals surface area (Å²) in [5, 5.41) is 10.4. The number of benzene rings is 2. The van der Waals surface area contributed by atoms with Gasteiger partial charge in [0.1, 0.15) is 0 Å². The van der Waals surface area contributed by atoms with Crippen molar-refractivity contribution in [1.82, 2.24) is 25.2 Å². The van der Waals surface area contributed by atoms with Crippen molar-refractivity contribution in [2.24, 2.45) is 0 Å². The summed E-state index contributed by atoms with van der Waals surface area (Å²) in [7, 11) is 3.87. The van der Waals surface area contributed by atoms with E-state index in [9.17, 15) is 9.59 Å². The lowest BCUT2D eigenvalue weighted by atomic mass is 9.91. The number of aromatic amines is 1. The average molecular weight is 563 g/mol. The molecule has 4 aromatic rings. The van der Waals surface area contributed by atoms with E-state index in [0.29, 0.717) is 35.1 Å².